The van der Waals surface area contributed by atoms with Gasteiger partial charge in [0.2, 0.25) is 0 Å². The van der Waals surface area contributed by atoms with E-state index in [1.807, 2.05) is 7.05 Å². The number of hydrogen-bond acceptors (Lipinski definition) is 3. The molecule has 3 nitrogen and oxygen atoms in total. The first kappa shape index (κ1) is 15.9. The minimum atomic E-state index is -0.219. The van der Waals surface area contributed by atoms with E-state index in [1.54, 1.807) is 5.57 Å². The van der Waals surface area contributed by atoms with E-state index in [-0.39, 0.29) is 23.0 Å². The van der Waals surface area contributed by atoms with E-state index >= 15 is 0 Å². The lowest BCUT2D eigenvalue weighted by molar-refractivity contribution is -0.00704. The van der Waals surface area contributed by atoms with E-state index in [2.05, 4.69) is 31.3 Å². The van der Waals surface area contributed by atoms with E-state index in [9.17, 15) is 10.2 Å². The predicted molar refractivity (Wildman–Crippen MR) is 91.9 cm³/mol. The van der Waals surface area contributed by atoms with Crippen LogP contribution >= 0.6 is 0 Å². The lowest BCUT2D eigenvalue weighted by Crippen LogP contribution is -2.56. The van der Waals surface area contributed by atoms with Gasteiger partial charge in [0, 0.05) is 16.9 Å². The summed E-state index contributed by atoms with van der Waals surface area (Å²) in [4.78, 5) is 0. The Balaban J connectivity index is 1.76. The SMILES string of the molecule is CNC1C[C@H](O)CC2=CC=C3[C@@H]4CC[C@H](O)[C@@]4(C)CC[C@@H]3[C@]21C. The van der Waals surface area contributed by atoms with Crippen LogP contribution in [0.3, 0.4) is 0 Å². The van der Waals surface area contributed by atoms with Crippen LogP contribution in [0.25, 0.3) is 0 Å². The smallest absolute Gasteiger partial charge is 0.0599 e. The van der Waals surface area contributed by atoms with Gasteiger partial charge in [-0.15, -0.1) is 0 Å². The molecule has 3 N–H and O–H groups in total. The number of rotatable bonds is 1. The molecule has 4 aliphatic rings. The highest BCUT2D eigenvalue weighted by Gasteiger charge is 2.58. The number of nitrogens with one attached hydrogen (secondary N) is 1. The second kappa shape index (κ2) is 5.18. The molecule has 0 radical (unpaired) electrons. The molecule has 1 unspecified atom stereocenters. The quantitative estimate of drug-likeness (QED) is 0.697. The molecule has 0 amide bonds. The molecule has 3 saturated carbocycles. The van der Waals surface area contributed by atoms with Crippen molar-refractivity contribution in [1.29, 1.82) is 0 Å². The Morgan fingerprint density at radius 3 is 2.61 bits per heavy atom. The second-order valence-corrected chi connectivity index (χ2v) is 8.82. The Morgan fingerprint density at radius 1 is 1.09 bits per heavy atom. The van der Waals surface area contributed by atoms with Crippen LogP contribution in [0.4, 0.5) is 0 Å². The van der Waals surface area contributed by atoms with Crippen LogP contribution in [0.15, 0.2) is 23.3 Å². The van der Waals surface area contributed by atoms with E-state index in [0.29, 0.717) is 17.9 Å². The van der Waals surface area contributed by atoms with Gasteiger partial charge < -0.3 is 15.5 Å². The maximum atomic E-state index is 10.5. The predicted octanol–water partition coefficient (Wildman–Crippen LogP) is 2.79. The number of allylic oxidation sites excluding steroid dienone is 3. The van der Waals surface area contributed by atoms with Gasteiger partial charge in [0.1, 0.15) is 0 Å². The molecule has 0 aromatic carbocycles. The summed E-state index contributed by atoms with van der Waals surface area (Å²) in [5.41, 5.74) is 3.20. The summed E-state index contributed by atoms with van der Waals surface area (Å²) in [5.74, 6) is 1.10. The van der Waals surface area contributed by atoms with Crippen molar-refractivity contribution in [2.24, 2.45) is 22.7 Å². The molecule has 0 saturated heterocycles. The zero-order valence-electron chi connectivity index (χ0n) is 14.7. The molecular weight excluding hydrogens is 286 g/mol. The normalized spacial score (nSPS) is 52.1. The van der Waals surface area contributed by atoms with Crippen LogP contribution in [0.2, 0.25) is 0 Å². The van der Waals surface area contributed by atoms with Crippen molar-refractivity contribution >= 4 is 0 Å². The summed E-state index contributed by atoms with van der Waals surface area (Å²) in [5, 5.41) is 24.3. The van der Waals surface area contributed by atoms with Crippen LogP contribution in [-0.4, -0.2) is 35.5 Å². The second-order valence-electron chi connectivity index (χ2n) is 8.82. The largest absolute Gasteiger partial charge is 0.393 e. The Labute approximate surface area is 139 Å². The molecule has 0 spiro atoms. The van der Waals surface area contributed by atoms with Crippen molar-refractivity contribution in [1.82, 2.24) is 5.32 Å². The van der Waals surface area contributed by atoms with Crippen molar-refractivity contribution in [3.8, 4) is 0 Å². The van der Waals surface area contributed by atoms with E-state index in [4.69, 9.17) is 0 Å². The van der Waals surface area contributed by atoms with E-state index < -0.39 is 0 Å². The molecule has 7 atom stereocenters. The van der Waals surface area contributed by atoms with Gasteiger partial charge in [0.15, 0.2) is 0 Å². The van der Waals surface area contributed by atoms with Gasteiger partial charge in [-0.05, 0) is 57.4 Å². The van der Waals surface area contributed by atoms with E-state index in [1.165, 1.54) is 5.57 Å². The molecule has 4 rings (SSSR count). The fourth-order valence-electron chi connectivity index (χ4n) is 6.47. The third-order valence-corrected chi connectivity index (χ3v) is 7.99. The molecule has 0 bridgehead atoms. The topological polar surface area (TPSA) is 52.5 Å². The highest BCUT2D eigenvalue weighted by atomic mass is 16.3. The monoisotopic (exact) mass is 317 g/mol. The average Bonchev–Trinajstić information content (AvgIpc) is 2.83. The zero-order chi connectivity index (χ0) is 16.4. The molecule has 3 fully saturated rings. The van der Waals surface area contributed by atoms with E-state index in [0.717, 1.165) is 38.5 Å². The number of hydrogen-bond donors (Lipinski definition) is 3. The maximum Gasteiger partial charge on any atom is 0.0599 e. The van der Waals surface area contributed by atoms with Crippen LogP contribution < -0.4 is 5.32 Å². The minimum Gasteiger partial charge on any atom is -0.393 e. The number of aliphatic hydroxyl groups excluding tert-OH is 2. The van der Waals surface area contributed by atoms with Crippen LogP contribution in [0.1, 0.15) is 52.4 Å². The fraction of sp³-hybridized carbons (Fsp3) is 0.800. The Bertz CT molecular complexity index is 568. The summed E-state index contributed by atoms with van der Waals surface area (Å²) in [6, 6.07) is 0.335. The van der Waals surface area contributed by atoms with Crippen LogP contribution in [0.5, 0.6) is 0 Å². The summed E-state index contributed by atoms with van der Waals surface area (Å²) in [6.45, 7) is 4.71. The molecule has 0 aromatic heterocycles. The van der Waals surface area contributed by atoms with Gasteiger partial charge in [0.25, 0.3) is 0 Å². The molecule has 0 aromatic rings. The van der Waals surface area contributed by atoms with Crippen molar-refractivity contribution in [3.05, 3.63) is 23.3 Å². The summed E-state index contributed by atoms with van der Waals surface area (Å²) >= 11 is 0. The molecule has 0 heterocycles. The third kappa shape index (κ3) is 1.99. The molecule has 128 valence electrons. The Hall–Kier alpha value is -0.640. The van der Waals surface area contributed by atoms with Gasteiger partial charge >= 0.3 is 0 Å². The van der Waals surface area contributed by atoms with Gasteiger partial charge in [0.05, 0.1) is 12.2 Å². The average molecular weight is 317 g/mol. The molecule has 23 heavy (non-hydrogen) atoms. The fourth-order valence-corrected chi connectivity index (χ4v) is 6.47. The van der Waals surface area contributed by atoms with Crippen molar-refractivity contribution in [2.75, 3.05) is 7.05 Å². The molecule has 0 aliphatic heterocycles. The van der Waals surface area contributed by atoms with Crippen LogP contribution in [-0.2, 0) is 0 Å². The lowest BCUT2D eigenvalue weighted by Gasteiger charge is -2.57. The van der Waals surface area contributed by atoms with Crippen LogP contribution in [0, 0.1) is 22.7 Å². The molecule has 3 heteroatoms. The zero-order valence-corrected chi connectivity index (χ0v) is 14.7. The highest BCUT2D eigenvalue weighted by Crippen LogP contribution is 2.63. The van der Waals surface area contributed by atoms with Gasteiger partial charge in [-0.2, -0.15) is 0 Å². The first-order chi connectivity index (χ1) is 10.9. The number of fused-ring (bicyclic) bond motifs is 5. The Morgan fingerprint density at radius 2 is 1.87 bits per heavy atom. The Kier molecular flexibility index (Phi) is 3.57. The van der Waals surface area contributed by atoms with Gasteiger partial charge in [-0.1, -0.05) is 37.1 Å². The number of aliphatic hydroxyl groups is 2. The summed E-state index contributed by atoms with van der Waals surface area (Å²) in [6.07, 6.45) is 10.3. The molecule has 4 aliphatic carbocycles. The summed E-state index contributed by atoms with van der Waals surface area (Å²) < 4.78 is 0. The van der Waals surface area contributed by atoms with Gasteiger partial charge in [-0.25, -0.2) is 0 Å². The first-order valence-electron chi connectivity index (χ1n) is 9.35. The molecular formula is C20H31NO2. The van der Waals surface area contributed by atoms with Gasteiger partial charge in [-0.3, -0.25) is 0 Å². The van der Waals surface area contributed by atoms with Crippen molar-refractivity contribution in [3.63, 3.8) is 0 Å². The summed E-state index contributed by atoms with van der Waals surface area (Å²) in [7, 11) is 2.04. The highest BCUT2D eigenvalue weighted by molar-refractivity contribution is 5.40. The van der Waals surface area contributed by atoms with Crippen molar-refractivity contribution < 1.29 is 10.2 Å². The standard InChI is InChI=1S/C20H31NO2/c1-19-9-8-16-14(15(19)6-7-18(19)23)5-4-12-10-13(22)11-17(21-3)20(12,16)2/h4-5,13,15-18,21-23H,6-11H2,1-3H3/t13-,15+,16+,17?,18+,19+,20+/m1/s1. The third-order valence-electron chi connectivity index (χ3n) is 7.99. The maximum absolute atomic E-state index is 10.5. The van der Waals surface area contributed by atoms with Crippen molar-refractivity contribution in [2.45, 2.75) is 70.6 Å². The first-order valence-corrected chi connectivity index (χ1v) is 9.35. The lowest BCUT2D eigenvalue weighted by atomic mass is 9.50. The minimum absolute atomic E-state index is 0.0767.